The minimum atomic E-state index is -1.86. The van der Waals surface area contributed by atoms with Gasteiger partial charge in [0.2, 0.25) is 0 Å². The van der Waals surface area contributed by atoms with Gasteiger partial charge in [0.05, 0.1) is 28.6 Å². The zero-order valence-electron chi connectivity index (χ0n) is 38.5. The maximum absolute atomic E-state index is 6.55. The third-order valence-corrected chi connectivity index (χ3v) is 16.0. The zero-order chi connectivity index (χ0) is 43.9. The number of imidazole rings is 1. The largest absolute Gasteiger partial charge is 0.499 e. The van der Waals surface area contributed by atoms with E-state index in [2.05, 4.69) is 185 Å². The summed E-state index contributed by atoms with van der Waals surface area (Å²) in [6, 6.07) is 45.2. The van der Waals surface area contributed by atoms with Crippen molar-refractivity contribution in [1.82, 2.24) is 19.5 Å². The molecule has 0 unspecified atom stereocenters. The Morgan fingerprint density at radius 3 is 2.06 bits per heavy atom. The number of hydrogen-bond donors (Lipinski definition) is 0. The number of aromatic nitrogens is 4. The SMILES string of the molecule is CC(C)Cc1cc(-c2[c-]cccc2)nc[c]1[Ge]([CH3])([CH3])[CH3].Cc1cc2c(cn1)oc1c(-c3nc4ccccc4n3-c3c(C(C)C)cc(-c4ccccc4)cc3C(C)C)[c-]cc(C)c12.[Ir]. The van der Waals surface area contributed by atoms with Crippen LogP contribution in [0.5, 0.6) is 0 Å². The summed E-state index contributed by atoms with van der Waals surface area (Å²) < 4.78 is 10.4. The molecule has 0 aliphatic heterocycles. The zero-order valence-corrected chi connectivity index (χ0v) is 43.0. The predicted octanol–water partition coefficient (Wildman–Crippen LogP) is 14.6. The monoisotopic (exact) mass is 1070 g/mol. The van der Waals surface area contributed by atoms with Crippen molar-refractivity contribution in [2.75, 3.05) is 0 Å². The molecule has 0 N–H and O–H groups in total. The van der Waals surface area contributed by atoms with Crippen LogP contribution in [0.15, 0.2) is 126 Å². The summed E-state index contributed by atoms with van der Waals surface area (Å²) in [5.41, 5.74) is 16.4. The first kappa shape index (κ1) is 45.9. The summed E-state index contributed by atoms with van der Waals surface area (Å²) in [5, 5.41) is 2.17. The van der Waals surface area contributed by atoms with E-state index in [0.717, 1.165) is 73.3 Å². The molecule has 0 bridgehead atoms. The summed E-state index contributed by atoms with van der Waals surface area (Å²) in [7, 11) is 0. The normalized spacial score (nSPS) is 11.8. The van der Waals surface area contributed by atoms with Crippen molar-refractivity contribution in [3.8, 4) is 39.5 Å². The fourth-order valence-corrected chi connectivity index (χ4v) is 12.0. The fraction of sp³-hybridized carbons (Fsp3) is 0.268. The van der Waals surface area contributed by atoms with E-state index in [9.17, 15) is 0 Å². The number of furan rings is 1. The van der Waals surface area contributed by atoms with E-state index < -0.39 is 13.3 Å². The van der Waals surface area contributed by atoms with Gasteiger partial charge in [-0.2, -0.15) is 0 Å². The van der Waals surface area contributed by atoms with E-state index in [4.69, 9.17) is 14.4 Å². The van der Waals surface area contributed by atoms with Crippen LogP contribution in [0.25, 0.3) is 72.4 Å². The van der Waals surface area contributed by atoms with Crippen molar-refractivity contribution in [3.63, 3.8) is 0 Å². The number of aryl methyl sites for hydroxylation is 2. The molecule has 323 valence electrons. The molecule has 9 aromatic rings. The standard InChI is InChI=1S/C38H34N3O.C18H24GeN.Ir/c1-22(2)29-19-27(26-12-8-7-9-13-26)20-30(23(3)4)36(29)41-33-15-11-10-14-32(33)40-38(41)28-17-16-24(5)35-31-18-25(6)39-21-34(31)42-37(28)35;1-14(2)11-16-12-18(15-9-7-6-8-10-15)20-13-17(16)19(3,4)5;/h7-16,18-23H,1-6H3;6-9,12-14H,11H2,1-5H3;/q2*-1;. The average molecular weight is 1070 g/mol. The predicted molar refractivity (Wildman–Crippen MR) is 264 cm³/mol. The Morgan fingerprint density at radius 2 is 1.41 bits per heavy atom. The van der Waals surface area contributed by atoms with Gasteiger partial charge in [-0.15, -0.1) is 17.7 Å². The van der Waals surface area contributed by atoms with Gasteiger partial charge in [-0.25, -0.2) is 0 Å². The number of rotatable bonds is 9. The third kappa shape index (κ3) is 9.41. The van der Waals surface area contributed by atoms with Crippen LogP contribution in [0.3, 0.4) is 0 Å². The second kappa shape index (κ2) is 18.9. The summed E-state index contributed by atoms with van der Waals surface area (Å²) in [6.07, 6.45) is 5.10. The van der Waals surface area contributed by atoms with Crippen molar-refractivity contribution in [2.24, 2.45) is 5.92 Å². The van der Waals surface area contributed by atoms with Crippen LogP contribution in [0.1, 0.15) is 81.3 Å². The van der Waals surface area contributed by atoms with Crippen LogP contribution in [0.2, 0.25) is 17.3 Å². The number of para-hydroxylation sites is 2. The summed E-state index contributed by atoms with van der Waals surface area (Å²) >= 11 is -1.86. The smallest absolute Gasteiger partial charge is 0.139 e. The van der Waals surface area contributed by atoms with E-state index in [0.29, 0.717) is 5.92 Å². The fourth-order valence-electron chi connectivity index (χ4n) is 8.68. The van der Waals surface area contributed by atoms with Gasteiger partial charge in [0.1, 0.15) is 5.58 Å². The number of benzene rings is 5. The number of fused-ring (bicyclic) bond motifs is 4. The molecular weight excluding hydrogens is 1010 g/mol. The summed E-state index contributed by atoms with van der Waals surface area (Å²) in [6.45, 7) is 17.8. The molecule has 0 saturated carbocycles. The van der Waals surface area contributed by atoms with Crippen LogP contribution >= 0.6 is 0 Å². The Hall–Kier alpha value is -5.14. The van der Waals surface area contributed by atoms with Gasteiger partial charge in [-0.3, -0.25) is 9.97 Å². The molecule has 0 amide bonds. The quantitative estimate of drug-likeness (QED) is 0.107. The van der Waals surface area contributed by atoms with Gasteiger partial charge in [-0.1, -0.05) is 88.0 Å². The van der Waals surface area contributed by atoms with E-state index in [1.807, 2.05) is 31.3 Å². The average Bonchev–Trinajstić information content (AvgIpc) is 3.83. The molecule has 7 heteroatoms. The molecule has 0 fully saturated rings. The number of nitrogens with zero attached hydrogens (tertiary/aromatic N) is 4. The van der Waals surface area contributed by atoms with Gasteiger partial charge in [0.15, 0.2) is 0 Å². The molecule has 4 aromatic heterocycles. The van der Waals surface area contributed by atoms with Gasteiger partial charge >= 0.3 is 126 Å². The van der Waals surface area contributed by atoms with Crippen molar-refractivity contribution < 1.29 is 24.5 Å². The van der Waals surface area contributed by atoms with Gasteiger partial charge in [0.25, 0.3) is 0 Å². The van der Waals surface area contributed by atoms with Crippen molar-refractivity contribution in [3.05, 3.63) is 162 Å². The molecular formula is C56H58GeIrN4O-2. The Labute approximate surface area is 390 Å². The maximum Gasteiger partial charge on any atom is 0.139 e. The van der Waals surface area contributed by atoms with Crippen LogP contribution < -0.4 is 4.40 Å². The molecule has 63 heavy (non-hydrogen) atoms. The van der Waals surface area contributed by atoms with Crippen molar-refractivity contribution >= 4 is 50.6 Å². The molecule has 4 heterocycles. The van der Waals surface area contributed by atoms with Crippen LogP contribution in [0.4, 0.5) is 0 Å². The van der Waals surface area contributed by atoms with Crippen LogP contribution in [0, 0.1) is 31.9 Å². The van der Waals surface area contributed by atoms with E-state index in [1.165, 1.54) is 33.5 Å². The van der Waals surface area contributed by atoms with E-state index in [-0.39, 0.29) is 31.9 Å². The molecule has 1 radical (unpaired) electrons. The molecule has 0 aliphatic carbocycles. The topological polar surface area (TPSA) is 56.7 Å². The van der Waals surface area contributed by atoms with Crippen LogP contribution in [-0.4, -0.2) is 32.8 Å². The summed E-state index contributed by atoms with van der Waals surface area (Å²) in [5.74, 6) is 9.41. The summed E-state index contributed by atoms with van der Waals surface area (Å²) in [4.78, 5) is 14.5. The molecule has 0 saturated heterocycles. The van der Waals surface area contributed by atoms with Gasteiger partial charge < -0.3 is 8.98 Å². The Morgan fingerprint density at radius 1 is 0.730 bits per heavy atom. The second-order valence-corrected chi connectivity index (χ2v) is 29.3. The first-order chi connectivity index (χ1) is 29.7. The first-order valence-corrected chi connectivity index (χ1v) is 29.4. The Bertz CT molecular complexity index is 3000. The molecule has 5 nitrogen and oxygen atoms in total. The van der Waals surface area contributed by atoms with E-state index in [1.54, 1.807) is 4.40 Å². The first-order valence-electron chi connectivity index (χ1n) is 22.1. The Balaban J connectivity index is 0.000000239. The van der Waals surface area contributed by atoms with Crippen molar-refractivity contribution in [2.45, 2.75) is 90.9 Å². The van der Waals surface area contributed by atoms with Gasteiger partial charge in [-0.05, 0) is 71.3 Å². The van der Waals surface area contributed by atoms with Crippen LogP contribution in [-0.2, 0) is 26.5 Å². The Kier molecular flexibility index (Phi) is 13.8. The third-order valence-electron chi connectivity index (χ3n) is 11.7. The molecule has 0 aliphatic rings. The maximum atomic E-state index is 6.55. The van der Waals surface area contributed by atoms with E-state index >= 15 is 0 Å². The number of pyridine rings is 2. The molecule has 5 aromatic carbocycles. The molecule has 0 spiro atoms. The van der Waals surface area contributed by atoms with Gasteiger partial charge in [0, 0.05) is 36.9 Å². The second-order valence-electron chi connectivity index (χ2n) is 18.8. The number of hydrogen-bond acceptors (Lipinski definition) is 4. The molecule has 0 atom stereocenters. The molecule has 9 rings (SSSR count). The minimum absolute atomic E-state index is 0. The van der Waals surface area contributed by atoms with Crippen molar-refractivity contribution in [1.29, 1.82) is 0 Å². The minimum Gasteiger partial charge on any atom is -0.499 e.